The van der Waals surface area contributed by atoms with Crippen LogP contribution < -0.4 is 0 Å². The van der Waals surface area contributed by atoms with E-state index in [1.54, 1.807) is 25.7 Å². The zero-order valence-corrected chi connectivity index (χ0v) is 17.8. The highest BCUT2D eigenvalue weighted by molar-refractivity contribution is 6.00. The van der Waals surface area contributed by atoms with E-state index in [4.69, 9.17) is 4.74 Å². The first-order valence-electron chi connectivity index (χ1n) is 10.2. The number of esters is 1. The lowest BCUT2D eigenvalue weighted by molar-refractivity contribution is -0.137. The van der Waals surface area contributed by atoms with Gasteiger partial charge in [0.25, 0.3) is 5.91 Å². The Hall–Kier alpha value is -2.81. The van der Waals surface area contributed by atoms with Gasteiger partial charge >= 0.3 is 12.1 Å². The molecule has 1 aromatic carbocycles. The summed E-state index contributed by atoms with van der Waals surface area (Å²) in [5.74, 6) is -0.625. The van der Waals surface area contributed by atoms with Gasteiger partial charge in [0, 0.05) is 38.4 Å². The van der Waals surface area contributed by atoms with Crippen molar-refractivity contribution in [2.45, 2.75) is 33.5 Å². The third kappa shape index (κ3) is 5.10. The maximum atomic E-state index is 13.0. The first-order chi connectivity index (χ1) is 14.6. The van der Waals surface area contributed by atoms with Gasteiger partial charge in [-0.2, -0.15) is 13.2 Å². The Morgan fingerprint density at radius 1 is 1.06 bits per heavy atom. The number of aromatic nitrogens is 1. The van der Waals surface area contributed by atoms with Gasteiger partial charge in [0.1, 0.15) is 5.69 Å². The lowest BCUT2D eigenvalue weighted by atomic mass is 10.1. The van der Waals surface area contributed by atoms with Crippen LogP contribution in [0.15, 0.2) is 24.3 Å². The third-order valence-corrected chi connectivity index (χ3v) is 5.48. The number of H-pyrrole nitrogens is 1. The van der Waals surface area contributed by atoms with Crippen molar-refractivity contribution >= 4 is 11.9 Å². The van der Waals surface area contributed by atoms with Gasteiger partial charge < -0.3 is 14.6 Å². The molecule has 1 N–H and O–H groups in total. The van der Waals surface area contributed by atoms with Gasteiger partial charge in [-0.15, -0.1) is 0 Å². The van der Waals surface area contributed by atoms with Gasteiger partial charge in [-0.05, 0) is 44.0 Å². The summed E-state index contributed by atoms with van der Waals surface area (Å²) in [4.78, 5) is 32.0. The Labute approximate surface area is 179 Å². The average Bonchev–Trinajstić information content (AvgIpc) is 3.02. The Morgan fingerprint density at radius 3 is 2.23 bits per heavy atom. The molecule has 1 saturated heterocycles. The van der Waals surface area contributed by atoms with E-state index in [9.17, 15) is 22.8 Å². The van der Waals surface area contributed by atoms with Crippen LogP contribution in [0.25, 0.3) is 0 Å². The van der Waals surface area contributed by atoms with Crippen LogP contribution in [0, 0.1) is 13.8 Å². The number of benzene rings is 1. The fourth-order valence-electron chi connectivity index (χ4n) is 3.80. The Balaban J connectivity index is 1.60. The highest BCUT2D eigenvalue weighted by atomic mass is 19.4. The lowest BCUT2D eigenvalue weighted by Gasteiger charge is -2.34. The quantitative estimate of drug-likeness (QED) is 0.723. The van der Waals surface area contributed by atoms with E-state index in [1.807, 2.05) is 0 Å². The molecule has 0 saturated carbocycles. The van der Waals surface area contributed by atoms with Crippen molar-refractivity contribution in [3.63, 3.8) is 0 Å². The molecule has 0 unspecified atom stereocenters. The number of hydrogen-bond donors (Lipinski definition) is 1. The van der Waals surface area contributed by atoms with E-state index in [2.05, 4.69) is 9.88 Å². The average molecular weight is 437 g/mol. The molecule has 0 radical (unpaired) electrons. The van der Waals surface area contributed by atoms with Crippen molar-refractivity contribution < 1.29 is 27.5 Å². The van der Waals surface area contributed by atoms with E-state index >= 15 is 0 Å². The van der Waals surface area contributed by atoms with Crippen LogP contribution in [0.2, 0.25) is 0 Å². The van der Waals surface area contributed by atoms with Crippen LogP contribution in [0.4, 0.5) is 13.2 Å². The van der Waals surface area contributed by atoms with Gasteiger partial charge in [0.2, 0.25) is 0 Å². The van der Waals surface area contributed by atoms with Crippen LogP contribution >= 0.6 is 0 Å². The summed E-state index contributed by atoms with van der Waals surface area (Å²) in [5, 5.41) is 0. The highest BCUT2D eigenvalue weighted by Crippen LogP contribution is 2.29. The summed E-state index contributed by atoms with van der Waals surface area (Å²) in [7, 11) is 0. The Kier molecular flexibility index (Phi) is 6.74. The second-order valence-corrected chi connectivity index (χ2v) is 7.61. The second-order valence-electron chi connectivity index (χ2n) is 7.61. The molecule has 1 fully saturated rings. The molecule has 6 nitrogen and oxygen atoms in total. The number of aryl methyl sites for hydroxylation is 1. The first kappa shape index (κ1) is 22.9. The zero-order chi connectivity index (χ0) is 22.8. The molecule has 2 aromatic rings. The monoisotopic (exact) mass is 437 g/mol. The largest absolute Gasteiger partial charge is 0.462 e. The number of halogens is 3. The molecule has 0 bridgehead atoms. The summed E-state index contributed by atoms with van der Waals surface area (Å²) in [6, 6.07) is 5.16. The van der Waals surface area contributed by atoms with Gasteiger partial charge in [-0.3, -0.25) is 9.69 Å². The number of alkyl halides is 3. The number of carbonyl (C=O) groups excluding carboxylic acids is 2. The molecule has 3 rings (SSSR count). The van der Waals surface area contributed by atoms with Crippen LogP contribution in [-0.2, 0) is 17.5 Å². The number of ether oxygens (including phenoxy) is 1. The van der Waals surface area contributed by atoms with Crippen LogP contribution in [0.3, 0.4) is 0 Å². The number of nitrogens with one attached hydrogen (secondary N) is 1. The maximum absolute atomic E-state index is 13.0. The van der Waals surface area contributed by atoms with E-state index in [0.717, 1.165) is 17.7 Å². The SMILES string of the molecule is CCOC(=O)c1c(C)[nH]c(C(=O)N2CCN(Cc3ccc(C(F)(F)F)cc3)CC2)c1C. The number of amides is 1. The van der Waals surface area contributed by atoms with Crippen molar-refractivity contribution in [1.29, 1.82) is 0 Å². The van der Waals surface area contributed by atoms with Crippen molar-refractivity contribution in [2.24, 2.45) is 0 Å². The number of rotatable bonds is 5. The molecular weight excluding hydrogens is 411 g/mol. The van der Waals surface area contributed by atoms with E-state index in [-0.39, 0.29) is 12.5 Å². The van der Waals surface area contributed by atoms with Crippen LogP contribution in [-0.4, -0.2) is 59.4 Å². The Bertz CT molecular complexity index is 943. The van der Waals surface area contributed by atoms with Crippen molar-refractivity contribution in [3.05, 3.63) is 57.9 Å². The predicted octanol–water partition coefficient (Wildman–Crippen LogP) is 3.79. The second kappa shape index (κ2) is 9.13. The van der Waals surface area contributed by atoms with Gasteiger partial charge in [-0.1, -0.05) is 12.1 Å². The fourth-order valence-corrected chi connectivity index (χ4v) is 3.80. The molecule has 9 heteroatoms. The molecule has 31 heavy (non-hydrogen) atoms. The molecular formula is C22H26F3N3O3. The topological polar surface area (TPSA) is 65.6 Å². The van der Waals surface area contributed by atoms with Crippen LogP contribution in [0.5, 0.6) is 0 Å². The standard InChI is InChI=1S/C22H26F3N3O3/c1-4-31-21(30)18-14(2)19(26-15(18)3)20(29)28-11-9-27(10-12-28)13-16-5-7-17(8-6-16)22(23,24)25/h5-8,26H,4,9-13H2,1-3H3. The van der Waals surface area contributed by atoms with E-state index in [0.29, 0.717) is 55.2 Å². The minimum absolute atomic E-state index is 0.176. The number of nitrogens with zero attached hydrogens (tertiary/aromatic N) is 2. The molecule has 168 valence electrons. The summed E-state index contributed by atoms with van der Waals surface area (Å²) in [6.07, 6.45) is -4.34. The lowest BCUT2D eigenvalue weighted by Crippen LogP contribution is -2.48. The zero-order valence-electron chi connectivity index (χ0n) is 17.8. The van der Waals surface area contributed by atoms with Crippen molar-refractivity contribution in [1.82, 2.24) is 14.8 Å². The van der Waals surface area contributed by atoms with Crippen LogP contribution in [0.1, 0.15) is 50.2 Å². The van der Waals surface area contributed by atoms with E-state index < -0.39 is 17.7 Å². The van der Waals surface area contributed by atoms with Crippen molar-refractivity contribution in [2.75, 3.05) is 32.8 Å². The summed E-state index contributed by atoms with van der Waals surface area (Å²) < 4.78 is 43.2. The fraction of sp³-hybridized carbons (Fsp3) is 0.455. The third-order valence-electron chi connectivity index (χ3n) is 5.48. The maximum Gasteiger partial charge on any atom is 0.416 e. The normalized spacial score (nSPS) is 15.2. The molecule has 0 atom stereocenters. The molecule has 1 aliphatic heterocycles. The van der Waals surface area contributed by atoms with Gasteiger partial charge in [0.15, 0.2) is 0 Å². The molecule has 2 heterocycles. The highest BCUT2D eigenvalue weighted by Gasteiger charge is 2.30. The number of aromatic amines is 1. The molecule has 1 aromatic heterocycles. The number of piperazine rings is 1. The minimum Gasteiger partial charge on any atom is -0.462 e. The molecule has 1 aliphatic rings. The molecule has 1 amide bonds. The van der Waals surface area contributed by atoms with Gasteiger partial charge in [0.05, 0.1) is 17.7 Å². The first-order valence-corrected chi connectivity index (χ1v) is 10.2. The predicted molar refractivity (Wildman–Crippen MR) is 109 cm³/mol. The molecule has 0 spiro atoms. The minimum atomic E-state index is -4.34. The smallest absolute Gasteiger partial charge is 0.416 e. The number of carbonyl (C=O) groups is 2. The van der Waals surface area contributed by atoms with Crippen molar-refractivity contribution in [3.8, 4) is 0 Å². The number of hydrogen-bond acceptors (Lipinski definition) is 4. The van der Waals surface area contributed by atoms with E-state index in [1.165, 1.54) is 12.1 Å². The Morgan fingerprint density at radius 2 is 1.68 bits per heavy atom. The molecule has 0 aliphatic carbocycles. The summed E-state index contributed by atoms with van der Waals surface area (Å²) in [6.45, 7) is 8.16. The summed E-state index contributed by atoms with van der Waals surface area (Å²) >= 11 is 0. The summed E-state index contributed by atoms with van der Waals surface area (Å²) in [5.41, 5.74) is 2.09. The van der Waals surface area contributed by atoms with Gasteiger partial charge in [-0.25, -0.2) is 4.79 Å².